The SMILES string of the molecule is C[N+](C)(C)CCS.C[N+](C)(C)CCS.O=S(=O)([O-])[O-]. The van der Waals surface area contributed by atoms with E-state index in [4.69, 9.17) is 17.5 Å². The molecule has 0 bridgehead atoms. The average molecular weight is 337 g/mol. The van der Waals surface area contributed by atoms with Crippen LogP contribution in [-0.2, 0) is 10.4 Å². The van der Waals surface area contributed by atoms with Gasteiger partial charge in [0.25, 0.3) is 0 Å². The Morgan fingerprint density at radius 3 is 0.947 bits per heavy atom. The first-order chi connectivity index (χ1) is 8.12. The first-order valence-corrected chi connectivity index (χ1v) is 8.21. The van der Waals surface area contributed by atoms with E-state index >= 15 is 0 Å². The molecule has 6 nitrogen and oxygen atoms in total. The maximum atomic E-state index is 8.52. The van der Waals surface area contributed by atoms with E-state index in [0.717, 1.165) is 33.6 Å². The van der Waals surface area contributed by atoms with E-state index in [0.29, 0.717) is 0 Å². The smallest absolute Gasteiger partial charge is 0.0869 e. The fourth-order valence-corrected chi connectivity index (χ4v) is 1.80. The lowest BCUT2D eigenvalue weighted by molar-refractivity contribution is -0.867. The van der Waals surface area contributed by atoms with Gasteiger partial charge in [-0.25, -0.2) is 0 Å². The molecule has 0 heterocycles. The van der Waals surface area contributed by atoms with Crippen LogP contribution in [0.1, 0.15) is 0 Å². The summed E-state index contributed by atoms with van der Waals surface area (Å²) in [6, 6.07) is 0. The summed E-state index contributed by atoms with van der Waals surface area (Å²) >= 11 is 8.20. The van der Waals surface area contributed by atoms with Gasteiger partial charge in [0.05, 0.1) is 55.4 Å². The Morgan fingerprint density at radius 2 is 0.947 bits per heavy atom. The van der Waals surface area contributed by atoms with Crippen LogP contribution in [0.5, 0.6) is 0 Å². The van der Waals surface area contributed by atoms with Crippen LogP contribution in [0.25, 0.3) is 0 Å². The van der Waals surface area contributed by atoms with Crippen LogP contribution >= 0.6 is 25.3 Å². The third-order valence-electron chi connectivity index (χ3n) is 1.54. The van der Waals surface area contributed by atoms with Gasteiger partial charge in [0.15, 0.2) is 0 Å². The van der Waals surface area contributed by atoms with Gasteiger partial charge in [-0.15, -0.1) is 0 Å². The van der Waals surface area contributed by atoms with Gasteiger partial charge in [-0.2, -0.15) is 25.3 Å². The summed E-state index contributed by atoms with van der Waals surface area (Å²) < 4.78 is 36.1. The van der Waals surface area contributed by atoms with E-state index in [-0.39, 0.29) is 0 Å². The molecule has 0 radical (unpaired) electrons. The number of rotatable bonds is 4. The molecule has 0 amide bonds. The highest BCUT2D eigenvalue weighted by atomic mass is 32.3. The quantitative estimate of drug-likeness (QED) is 0.325. The predicted octanol–water partition coefficient (Wildman–Crippen LogP) is -0.0932. The largest absolute Gasteiger partial charge is 0.759 e. The number of hydrogen-bond acceptors (Lipinski definition) is 6. The number of hydrogen-bond donors (Lipinski definition) is 2. The molecule has 19 heavy (non-hydrogen) atoms. The number of quaternary nitrogens is 2. The molecule has 9 heteroatoms. The van der Waals surface area contributed by atoms with Crippen molar-refractivity contribution in [2.75, 3.05) is 66.9 Å². The Kier molecular flexibility index (Phi) is 14.4. The van der Waals surface area contributed by atoms with Gasteiger partial charge in [0.1, 0.15) is 0 Å². The standard InChI is InChI=1S/2C5H13NS.H2O4S/c2*1-6(2,3)4-5-7;1-5(2,3)4/h2*4-5H2,1-3H3;(H2,1,2,3,4). The lowest BCUT2D eigenvalue weighted by Crippen LogP contribution is -2.36. The Morgan fingerprint density at radius 1 is 0.789 bits per heavy atom. The van der Waals surface area contributed by atoms with Crippen molar-refractivity contribution in [3.8, 4) is 0 Å². The molecule has 0 unspecified atom stereocenters. The minimum atomic E-state index is -5.17. The van der Waals surface area contributed by atoms with Gasteiger partial charge >= 0.3 is 0 Å². The van der Waals surface area contributed by atoms with Crippen LogP contribution in [0.15, 0.2) is 0 Å². The highest BCUT2D eigenvalue weighted by molar-refractivity contribution is 7.80. The van der Waals surface area contributed by atoms with Crippen molar-refractivity contribution in [2.45, 2.75) is 0 Å². The first-order valence-electron chi connectivity index (χ1n) is 5.61. The molecule has 0 aromatic rings. The maximum absolute atomic E-state index is 8.52. The van der Waals surface area contributed by atoms with Crippen LogP contribution in [0.4, 0.5) is 0 Å². The predicted molar refractivity (Wildman–Crippen MR) is 84.0 cm³/mol. The summed E-state index contributed by atoms with van der Waals surface area (Å²) in [5.74, 6) is 1.95. The molecule has 0 aliphatic carbocycles. The van der Waals surface area contributed by atoms with Gasteiger partial charge < -0.3 is 18.1 Å². The van der Waals surface area contributed by atoms with Crippen molar-refractivity contribution >= 4 is 35.7 Å². The Labute approximate surface area is 129 Å². The molecule has 0 aromatic carbocycles. The van der Waals surface area contributed by atoms with Crippen LogP contribution in [0.3, 0.4) is 0 Å². The zero-order valence-electron chi connectivity index (χ0n) is 12.7. The molecule has 120 valence electrons. The molecule has 0 rings (SSSR count). The summed E-state index contributed by atoms with van der Waals surface area (Å²) in [7, 11) is 7.81. The van der Waals surface area contributed by atoms with E-state index in [1.807, 2.05) is 0 Å². The molecule has 0 spiro atoms. The topological polar surface area (TPSA) is 80.3 Å². The van der Waals surface area contributed by atoms with E-state index < -0.39 is 10.4 Å². The zero-order chi connectivity index (χ0) is 16.3. The molecule has 0 fully saturated rings. The van der Waals surface area contributed by atoms with Crippen LogP contribution in [-0.4, -0.2) is 93.4 Å². The van der Waals surface area contributed by atoms with E-state index in [1.54, 1.807) is 0 Å². The minimum Gasteiger partial charge on any atom is -0.759 e. The van der Waals surface area contributed by atoms with Crippen LogP contribution < -0.4 is 0 Å². The summed E-state index contributed by atoms with van der Waals surface area (Å²) in [5.41, 5.74) is 0. The molecule has 0 aromatic heterocycles. The van der Waals surface area contributed by atoms with Crippen molar-refractivity contribution in [3.63, 3.8) is 0 Å². The lowest BCUT2D eigenvalue weighted by atomic mass is 10.6. The molecule has 0 N–H and O–H groups in total. The molecule has 0 atom stereocenters. The second-order valence-corrected chi connectivity index (χ2v) is 7.59. The van der Waals surface area contributed by atoms with E-state index in [9.17, 15) is 0 Å². The highest BCUT2D eigenvalue weighted by Crippen LogP contribution is 1.89. The van der Waals surface area contributed by atoms with Crippen LogP contribution in [0, 0.1) is 0 Å². The molecular formula is C10H28N2O4S3. The van der Waals surface area contributed by atoms with Gasteiger partial charge in [-0.05, 0) is 0 Å². The van der Waals surface area contributed by atoms with E-state index in [1.165, 1.54) is 0 Å². The van der Waals surface area contributed by atoms with Crippen molar-refractivity contribution in [1.82, 2.24) is 0 Å². The van der Waals surface area contributed by atoms with Crippen LogP contribution in [0.2, 0.25) is 0 Å². The van der Waals surface area contributed by atoms with Gasteiger partial charge in [-0.3, -0.25) is 8.42 Å². The second kappa shape index (κ2) is 11.2. The second-order valence-electron chi connectivity index (χ2n) is 5.88. The zero-order valence-corrected chi connectivity index (χ0v) is 15.3. The van der Waals surface area contributed by atoms with E-state index in [2.05, 4.69) is 67.5 Å². The van der Waals surface area contributed by atoms with Gasteiger partial charge in [0.2, 0.25) is 0 Å². The van der Waals surface area contributed by atoms with Crippen molar-refractivity contribution in [1.29, 1.82) is 0 Å². The minimum absolute atomic E-state index is 0.976. The summed E-state index contributed by atoms with van der Waals surface area (Å²) in [6.07, 6.45) is 0. The van der Waals surface area contributed by atoms with Crippen molar-refractivity contribution < 1.29 is 26.5 Å². The summed E-state index contributed by atoms with van der Waals surface area (Å²) in [4.78, 5) is 0. The first kappa shape index (κ1) is 24.5. The Bertz CT molecular complexity index is 271. The van der Waals surface area contributed by atoms with Gasteiger partial charge in [0, 0.05) is 21.9 Å². The molecule has 0 saturated heterocycles. The Hall–Kier alpha value is 0.490. The highest BCUT2D eigenvalue weighted by Gasteiger charge is 2.02. The van der Waals surface area contributed by atoms with Crippen molar-refractivity contribution in [2.24, 2.45) is 0 Å². The number of thiol groups is 2. The molecule has 0 aliphatic rings. The lowest BCUT2D eigenvalue weighted by Gasteiger charge is -2.22. The third kappa shape index (κ3) is 69.8. The summed E-state index contributed by atoms with van der Waals surface area (Å²) in [5, 5.41) is 0. The molecule has 0 saturated carbocycles. The maximum Gasteiger partial charge on any atom is 0.0869 e. The fourth-order valence-electron chi connectivity index (χ4n) is 0.600. The van der Waals surface area contributed by atoms with Gasteiger partial charge in [-0.1, -0.05) is 0 Å². The van der Waals surface area contributed by atoms with Crippen molar-refractivity contribution in [3.05, 3.63) is 0 Å². The fraction of sp³-hybridized carbons (Fsp3) is 1.00. The molecular weight excluding hydrogens is 308 g/mol. The monoisotopic (exact) mass is 336 g/mol. The Balaban J connectivity index is -0.000000206. The third-order valence-corrected chi connectivity index (χ3v) is 1.94. The summed E-state index contributed by atoms with van der Waals surface area (Å²) in [6.45, 7) is 2.28. The number of nitrogens with zero attached hydrogens (tertiary/aromatic N) is 2. The average Bonchev–Trinajstić information content (AvgIpc) is 1.95. The normalized spacial score (nSPS) is 11.9. The molecule has 0 aliphatic heterocycles.